The molecule has 3 heteroatoms. The van der Waals surface area contributed by atoms with E-state index in [0.717, 1.165) is 23.5 Å². The average molecular weight is 478 g/mol. The molecule has 0 fully saturated rings. The van der Waals surface area contributed by atoms with Crippen molar-refractivity contribution in [2.75, 3.05) is 7.11 Å². The third-order valence-corrected chi connectivity index (χ3v) is 6.58. The molecular weight excluding hydrogens is 452 g/mol. The SMILES string of the molecule is CC1=Cc2cccc(CBr)c2C1.COC1c2cccc(CBr)c2CC1C. The zero-order valence-electron chi connectivity index (χ0n) is 15.7. The van der Waals surface area contributed by atoms with Gasteiger partial charge in [0.15, 0.2) is 0 Å². The van der Waals surface area contributed by atoms with Gasteiger partial charge in [0.1, 0.15) is 0 Å². The van der Waals surface area contributed by atoms with Crippen molar-refractivity contribution in [2.24, 2.45) is 5.92 Å². The summed E-state index contributed by atoms with van der Waals surface area (Å²) in [6.45, 7) is 4.45. The lowest BCUT2D eigenvalue weighted by atomic mass is 10.0. The summed E-state index contributed by atoms with van der Waals surface area (Å²) in [4.78, 5) is 0. The molecule has 0 saturated heterocycles. The van der Waals surface area contributed by atoms with Crippen LogP contribution in [0.15, 0.2) is 42.0 Å². The third-order valence-electron chi connectivity index (χ3n) is 5.37. The fourth-order valence-corrected chi connectivity index (χ4v) is 5.17. The number of benzene rings is 2. The van der Waals surface area contributed by atoms with E-state index in [9.17, 15) is 0 Å². The summed E-state index contributed by atoms with van der Waals surface area (Å²) in [6, 6.07) is 13.0. The van der Waals surface area contributed by atoms with Crippen LogP contribution in [0.4, 0.5) is 0 Å². The molecule has 0 heterocycles. The molecule has 2 aromatic carbocycles. The molecule has 0 spiro atoms. The number of alkyl halides is 2. The number of hydrogen-bond donors (Lipinski definition) is 0. The van der Waals surface area contributed by atoms with E-state index in [-0.39, 0.29) is 0 Å². The molecule has 138 valence electrons. The normalized spacial score (nSPS) is 20.1. The molecule has 2 aliphatic rings. The highest BCUT2D eigenvalue weighted by atomic mass is 79.9. The minimum atomic E-state index is 0.295. The Bertz CT molecular complexity index is 810. The molecule has 26 heavy (non-hydrogen) atoms. The maximum atomic E-state index is 5.53. The lowest BCUT2D eigenvalue weighted by Gasteiger charge is -2.14. The molecule has 0 aromatic heterocycles. The van der Waals surface area contributed by atoms with Crippen LogP contribution in [-0.2, 0) is 28.2 Å². The summed E-state index contributed by atoms with van der Waals surface area (Å²) < 4.78 is 5.53. The van der Waals surface area contributed by atoms with Crippen LogP contribution in [0, 0.1) is 5.92 Å². The van der Waals surface area contributed by atoms with Gasteiger partial charge in [-0.3, -0.25) is 0 Å². The van der Waals surface area contributed by atoms with Crippen LogP contribution in [0.1, 0.15) is 53.3 Å². The van der Waals surface area contributed by atoms with Crippen LogP contribution in [-0.4, -0.2) is 7.11 Å². The molecule has 2 aromatic rings. The molecule has 2 atom stereocenters. The number of halogens is 2. The second-order valence-electron chi connectivity index (χ2n) is 7.24. The molecule has 2 aliphatic carbocycles. The highest BCUT2D eigenvalue weighted by Crippen LogP contribution is 2.40. The van der Waals surface area contributed by atoms with E-state index < -0.39 is 0 Å². The zero-order valence-corrected chi connectivity index (χ0v) is 18.9. The van der Waals surface area contributed by atoms with E-state index in [1.54, 1.807) is 7.11 Å². The Hall–Kier alpha value is -0.900. The van der Waals surface area contributed by atoms with Crippen molar-refractivity contribution in [2.45, 2.75) is 43.5 Å². The molecule has 0 bridgehead atoms. The van der Waals surface area contributed by atoms with Gasteiger partial charge in [0.2, 0.25) is 0 Å². The predicted molar refractivity (Wildman–Crippen MR) is 118 cm³/mol. The lowest BCUT2D eigenvalue weighted by Crippen LogP contribution is -2.05. The number of methoxy groups -OCH3 is 1. The van der Waals surface area contributed by atoms with Crippen LogP contribution in [0.5, 0.6) is 0 Å². The lowest BCUT2D eigenvalue weighted by molar-refractivity contribution is 0.0695. The van der Waals surface area contributed by atoms with Gasteiger partial charge >= 0.3 is 0 Å². The van der Waals surface area contributed by atoms with Crippen LogP contribution < -0.4 is 0 Å². The summed E-state index contributed by atoms with van der Waals surface area (Å²) in [7, 11) is 1.80. The first-order valence-electron chi connectivity index (χ1n) is 9.12. The summed E-state index contributed by atoms with van der Waals surface area (Å²) in [5.74, 6) is 0.607. The molecule has 1 nitrogen and oxygen atoms in total. The predicted octanol–water partition coefficient (Wildman–Crippen LogP) is 7.00. The molecule has 0 amide bonds. The second kappa shape index (κ2) is 8.86. The zero-order chi connectivity index (χ0) is 18.7. The van der Waals surface area contributed by atoms with Crippen molar-refractivity contribution in [3.8, 4) is 0 Å². The molecule has 4 rings (SSSR count). The van der Waals surface area contributed by atoms with Crippen LogP contribution in [0.2, 0.25) is 0 Å². The van der Waals surface area contributed by atoms with Gasteiger partial charge in [-0.05, 0) is 59.1 Å². The first kappa shape index (κ1) is 19.9. The van der Waals surface area contributed by atoms with Gasteiger partial charge in [0.05, 0.1) is 6.10 Å². The summed E-state index contributed by atoms with van der Waals surface area (Å²) in [6.07, 6.45) is 4.86. The molecule has 0 radical (unpaired) electrons. The fourth-order valence-electron chi connectivity index (χ4n) is 4.12. The van der Waals surface area contributed by atoms with Crippen molar-refractivity contribution in [3.05, 3.63) is 75.4 Å². The standard InChI is InChI=1S/C12H15BrO.C11H11Br/c1-8-6-11-9(7-13)4-3-5-10(11)12(8)14-2;1-8-5-9-3-2-4-10(7-12)11(9)6-8/h3-5,8,12H,6-7H2,1-2H3;2-5H,6-7H2,1H3. The van der Waals surface area contributed by atoms with Crippen molar-refractivity contribution in [1.29, 1.82) is 0 Å². The van der Waals surface area contributed by atoms with Gasteiger partial charge in [-0.15, -0.1) is 0 Å². The highest BCUT2D eigenvalue weighted by Gasteiger charge is 2.30. The average Bonchev–Trinajstić information content (AvgIpc) is 3.19. The molecule has 0 saturated carbocycles. The van der Waals surface area contributed by atoms with Gasteiger partial charge in [-0.1, -0.05) is 86.8 Å². The molecule has 0 aliphatic heterocycles. The van der Waals surface area contributed by atoms with E-state index in [4.69, 9.17) is 4.74 Å². The Morgan fingerprint density at radius 2 is 1.65 bits per heavy atom. The number of fused-ring (bicyclic) bond motifs is 2. The van der Waals surface area contributed by atoms with Gasteiger partial charge < -0.3 is 4.74 Å². The van der Waals surface area contributed by atoms with Gasteiger partial charge in [-0.25, -0.2) is 0 Å². The van der Waals surface area contributed by atoms with Crippen LogP contribution in [0.3, 0.4) is 0 Å². The van der Waals surface area contributed by atoms with Crippen LogP contribution in [0.25, 0.3) is 6.08 Å². The van der Waals surface area contributed by atoms with E-state index >= 15 is 0 Å². The summed E-state index contributed by atoms with van der Waals surface area (Å²) >= 11 is 7.04. The molecular formula is C23H26Br2O. The number of allylic oxidation sites excluding steroid dienone is 1. The topological polar surface area (TPSA) is 9.23 Å². The van der Waals surface area contributed by atoms with E-state index in [1.807, 2.05) is 0 Å². The minimum absolute atomic E-state index is 0.295. The van der Waals surface area contributed by atoms with Crippen molar-refractivity contribution >= 4 is 37.9 Å². The number of rotatable bonds is 3. The molecule has 2 unspecified atom stereocenters. The van der Waals surface area contributed by atoms with Gasteiger partial charge in [0, 0.05) is 17.8 Å². The minimum Gasteiger partial charge on any atom is -0.376 e. The number of ether oxygens (including phenoxy) is 1. The third kappa shape index (κ3) is 4.00. The van der Waals surface area contributed by atoms with Crippen molar-refractivity contribution < 1.29 is 4.74 Å². The van der Waals surface area contributed by atoms with Gasteiger partial charge in [0.25, 0.3) is 0 Å². The maximum Gasteiger partial charge on any atom is 0.0852 e. The highest BCUT2D eigenvalue weighted by molar-refractivity contribution is 9.08. The monoisotopic (exact) mass is 476 g/mol. The fraction of sp³-hybridized carbons (Fsp3) is 0.391. The largest absolute Gasteiger partial charge is 0.376 e. The summed E-state index contributed by atoms with van der Waals surface area (Å²) in [5.41, 5.74) is 10.1. The van der Waals surface area contributed by atoms with Gasteiger partial charge in [-0.2, -0.15) is 0 Å². The Balaban J connectivity index is 0.000000152. The van der Waals surface area contributed by atoms with E-state index in [1.165, 1.54) is 39.0 Å². The van der Waals surface area contributed by atoms with Crippen molar-refractivity contribution in [3.63, 3.8) is 0 Å². The van der Waals surface area contributed by atoms with E-state index in [0.29, 0.717) is 12.0 Å². The second-order valence-corrected chi connectivity index (χ2v) is 8.36. The Morgan fingerprint density at radius 1 is 1.00 bits per heavy atom. The first-order valence-corrected chi connectivity index (χ1v) is 11.4. The van der Waals surface area contributed by atoms with Crippen molar-refractivity contribution in [1.82, 2.24) is 0 Å². The maximum absolute atomic E-state index is 5.53. The quantitative estimate of drug-likeness (QED) is 0.432. The van der Waals surface area contributed by atoms with E-state index in [2.05, 4.69) is 88.2 Å². The molecule has 0 N–H and O–H groups in total. The smallest absolute Gasteiger partial charge is 0.0852 e. The Kier molecular flexibility index (Phi) is 6.76. The summed E-state index contributed by atoms with van der Waals surface area (Å²) in [5, 5.41) is 1.91. The van der Waals surface area contributed by atoms with Crippen LogP contribution >= 0.6 is 31.9 Å². The Labute approximate surface area is 174 Å². The number of hydrogen-bond acceptors (Lipinski definition) is 1. The Morgan fingerprint density at radius 3 is 2.31 bits per heavy atom. The first-order chi connectivity index (χ1) is 12.6.